The summed E-state index contributed by atoms with van der Waals surface area (Å²) < 4.78 is 15.4. The van der Waals surface area contributed by atoms with Crippen LogP contribution < -0.4 is 9.47 Å². The summed E-state index contributed by atoms with van der Waals surface area (Å²) in [6.45, 7) is 7.01. The third-order valence-electron chi connectivity index (χ3n) is 7.05. The van der Waals surface area contributed by atoms with Crippen molar-refractivity contribution in [2.45, 2.75) is 91.4 Å². The minimum atomic E-state index is -0.819. The fourth-order valence-corrected chi connectivity index (χ4v) is 4.35. The van der Waals surface area contributed by atoms with Crippen LogP contribution in [0, 0.1) is 5.92 Å². The normalized spacial score (nSPS) is 11.9. The second-order valence-electron chi connectivity index (χ2n) is 10.4. The zero-order valence-corrected chi connectivity index (χ0v) is 26.4. The van der Waals surface area contributed by atoms with Gasteiger partial charge in [-0.05, 0) is 66.3 Å². The van der Waals surface area contributed by atoms with E-state index in [9.17, 15) is 14.7 Å². The summed E-state index contributed by atoms with van der Waals surface area (Å²) in [5.74, 6) is 0.932. The molecule has 0 spiro atoms. The van der Waals surface area contributed by atoms with Gasteiger partial charge in [0.05, 0.1) is 20.8 Å². The van der Waals surface area contributed by atoms with Crippen molar-refractivity contribution in [3.05, 3.63) is 71.3 Å². The maximum absolute atomic E-state index is 11.5. The van der Waals surface area contributed by atoms with E-state index in [2.05, 4.69) is 20.8 Å². The lowest BCUT2D eigenvalue weighted by atomic mass is 9.91. The van der Waals surface area contributed by atoms with Crippen LogP contribution in [0.3, 0.4) is 0 Å². The lowest BCUT2D eigenvalue weighted by Gasteiger charge is -2.14. The molecular formula is C36H52O6. The number of hydrogen-bond donors (Lipinski definition) is 1. The molecule has 1 N–H and O–H groups in total. The average Bonchev–Trinajstić information content (AvgIpc) is 3.01. The van der Waals surface area contributed by atoms with Gasteiger partial charge in [0.2, 0.25) is 0 Å². The molecule has 6 heteroatoms. The highest BCUT2D eigenvalue weighted by Crippen LogP contribution is 2.24. The molecule has 0 aliphatic heterocycles. The Kier molecular flexibility index (Phi) is 20.0. The van der Waals surface area contributed by atoms with Crippen LogP contribution in [0.1, 0.15) is 103 Å². The van der Waals surface area contributed by atoms with Crippen LogP contribution in [0.4, 0.5) is 0 Å². The van der Waals surface area contributed by atoms with E-state index < -0.39 is 5.97 Å². The Morgan fingerprint density at radius 1 is 0.762 bits per heavy atom. The molecule has 1 atom stereocenters. The van der Waals surface area contributed by atoms with Crippen LogP contribution in [-0.2, 0) is 14.3 Å². The monoisotopic (exact) mass is 580 g/mol. The molecule has 2 aromatic rings. The number of carbonyl (C=O) groups excluding carboxylic acids is 1. The van der Waals surface area contributed by atoms with Crippen molar-refractivity contribution in [3.63, 3.8) is 0 Å². The largest absolute Gasteiger partial charge is 0.497 e. The van der Waals surface area contributed by atoms with Gasteiger partial charge in [-0.15, -0.1) is 0 Å². The summed E-state index contributed by atoms with van der Waals surface area (Å²) >= 11 is 0. The van der Waals surface area contributed by atoms with Crippen LogP contribution in [-0.4, -0.2) is 37.9 Å². The Balaban J connectivity index is 0.000000420. The maximum atomic E-state index is 11.5. The molecule has 0 radical (unpaired) electrons. The van der Waals surface area contributed by atoms with Gasteiger partial charge in [-0.25, -0.2) is 9.59 Å². The second-order valence-corrected chi connectivity index (χ2v) is 10.4. The fraction of sp³-hybridized carbons (Fsp3) is 0.500. The van der Waals surface area contributed by atoms with Gasteiger partial charge in [-0.1, -0.05) is 103 Å². The zero-order chi connectivity index (χ0) is 31.0. The number of carboxylic acids is 1. The van der Waals surface area contributed by atoms with Crippen molar-refractivity contribution in [3.8, 4) is 11.5 Å². The van der Waals surface area contributed by atoms with Crippen molar-refractivity contribution >= 4 is 24.1 Å². The molecule has 0 saturated heterocycles. The minimum Gasteiger partial charge on any atom is -0.497 e. The number of hydrogen-bond acceptors (Lipinski definition) is 5. The van der Waals surface area contributed by atoms with Gasteiger partial charge in [-0.3, -0.25) is 0 Å². The van der Waals surface area contributed by atoms with Gasteiger partial charge < -0.3 is 19.3 Å². The quantitative estimate of drug-likeness (QED) is 0.101. The summed E-state index contributed by atoms with van der Waals surface area (Å²) in [5.41, 5.74) is 2.34. The number of rotatable bonds is 19. The summed E-state index contributed by atoms with van der Waals surface area (Å²) in [7, 11) is 3.25. The molecule has 1 unspecified atom stereocenters. The number of unbranched alkanes of at least 4 members (excludes halogenated alkanes) is 6. The lowest BCUT2D eigenvalue weighted by Crippen LogP contribution is -2.08. The maximum Gasteiger partial charge on any atom is 0.331 e. The fourth-order valence-electron chi connectivity index (χ4n) is 4.35. The smallest absolute Gasteiger partial charge is 0.331 e. The molecule has 0 aliphatic rings. The molecule has 2 aromatic carbocycles. The number of esters is 1. The zero-order valence-electron chi connectivity index (χ0n) is 26.4. The highest BCUT2D eigenvalue weighted by atomic mass is 16.5. The predicted octanol–water partition coefficient (Wildman–Crippen LogP) is 9.38. The molecule has 0 fully saturated rings. The van der Waals surface area contributed by atoms with E-state index in [-0.39, 0.29) is 5.97 Å². The highest BCUT2D eigenvalue weighted by Gasteiger charge is 2.14. The first-order valence-corrected chi connectivity index (χ1v) is 15.4. The Bertz CT molecular complexity index is 1050. The van der Waals surface area contributed by atoms with Crippen molar-refractivity contribution in [1.82, 2.24) is 0 Å². The lowest BCUT2D eigenvalue weighted by molar-refractivity contribution is -0.137. The molecule has 232 valence electrons. The third-order valence-corrected chi connectivity index (χ3v) is 7.05. The molecule has 0 aromatic heterocycles. The van der Waals surface area contributed by atoms with E-state index in [1.165, 1.54) is 31.8 Å². The average molecular weight is 581 g/mol. The van der Waals surface area contributed by atoms with Crippen LogP contribution >= 0.6 is 0 Å². The summed E-state index contributed by atoms with van der Waals surface area (Å²) in [4.78, 5) is 23.0. The van der Waals surface area contributed by atoms with Gasteiger partial charge in [0, 0.05) is 11.6 Å². The van der Waals surface area contributed by atoms with Gasteiger partial charge in [0.25, 0.3) is 0 Å². The Labute approximate surface area is 253 Å². The van der Waals surface area contributed by atoms with Gasteiger partial charge in [0.15, 0.2) is 0 Å². The Morgan fingerprint density at radius 2 is 1.31 bits per heavy atom. The topological polar surface area (TPSA) is 82.1 Å². The predicted molar refractivity (Wildman–Crippen MR) is 173 cm³/mol. The standard InChI is InChI=1S/2C18H26O3/c1-4-6-7-14(5-2)12-16(18(19)20)13-15-8-10-17(21-3)11-9-15;1-3-4-5-6-7-8-15-21-18(19)14-11-16-9-12-17(20-2)13-10-16/h8-11,13-14H,4-7,12H2,1-3H3,(H,19,20);9-14H,3-8,15H2,1-2H3. The van der Waals surface area contributed by atoms with Crippen molar-refractivity contribution < 1.29 is 28.9 Å². The number of methoxy groups -OCH3 is 2. The summed E-state index contributed by atoms with van der Waals surface area (Å²) in [5, 5.41) is 9.41. The molecule has 6 nitrogen and oxygen atoms in total. The molecule has 42 heavy (non-hydrogen) atoms. The summed E-state index contributed by atoms with van der Waals surface area (Å²) in [6, 6.07) is 15.0. The van der Waals surface area contributed by atoms with Gasteiger partial charge in [0.1, 0.15) is 11.5 Å². The molecular weight excluding hydrogens is 528 g/mol. The highest BCUT2D eigenvalue weighted by molar-refractivity contribution is 5.92. The van der Waals surface area contributed by atoms with Crippen molar-refractivity contribution in [2.24, 2.45) is 5.92 Å². The van der Waals surface area contributed by atoms with Gasteiger partial charge >= 0.3 is 11.9 Å². The molecule has 0 heterocycles. The van der Waals surface area contributed by atoms with Crippen LogP contribution in [0.25, 0.3) is 12.2 Å². The number of benzene rings is 2. The first-order chi connectivity index (χ1) is 20.4. The van der Waals surface area contributed by atoms with E-state index in [4.69, 9.17) is 14.2 Å². The first-order valence-electron chi connectivity index (χ1n) is 15.4. The van der Waals surface area contributed by atoms with E-state index in [0.29, 0.717) is 24.5 Å². The summed E-state index contributed by atoms with van der Waals surface area (Å²) in [6.07, 6.45) is 17.2. The number of carboxylic acid groups (broad SMARTS) is 1. The number of ether oxygens (including phenoxy) is 3. The van der Waals surface area contributed by atoms with E-state index >= 15 is 0 Å². The molecule has 0 aliphatic carbocycles. The third kappa shape index (κ3) is 16.7. The molecule has 2 rings (SSSR count). The van der Waals surface area contributed by atoms with E-state index in [0.717, 1.165) is 61.2 Å². The van der Waals surface area contributed by atoms with E-state index in [1.807, 2.05) is 48.5 Å². The molecule has 0 amide bonds. The van der Waals surface area contributed by atoms with Crippen LogP contribution in [0.15, 0.2) is 60.2 Å². The Morgan fingerprint density at radius 3 is 1.83 bits per heavy atom. The van der Waals surface area contributed by atoms with Crippen LogP contribution in [0.5, 0.6) is 11.5 Å². The van der Waals surface area contributed by atoms with Crippen molar-refractivity contribution in [1.29, 1.82) is 0 Å². The van der Waals surface area contributed by atoms with Crippen molar-refractivity contribution in [2.75, 3.05) is 20.8 Å². The van der Waals surface area contributed by atoms with E-state index in [1.54, 1.807) is 26.4 Å². The minimum absolute atomic E-state index is 0.278. The molecule has 0 bridgehead atoms. The number of aliphatic carboxylic acids is 1. The van der Waals surface area contributed by atoms with Gasteiger partial charge in [-0.2, -0.15) is 0 Å². The first kappa shape index (κ1) is 36.5. The Hall–Kier alpha value is -3.54. The van der Waals surface area contributed by atoms with Crippen LogP contribution in [0.2, 0.25) is 0 Å². The SMILES string of the molecule is CCCCC(CC)CC(=Cc1ccc(OC)cc1)C(=O)O.CCCCCCCCOC(=O)C=Cc1ccc(OC)cc1. The number of carbonyl (C=O) groups is 2. The second kappa shape index (κ2) is 23.1. The molecule has 0 saturated carbocycles.